The summed E-state index contributed by atoms with van der Waals surface area (Å²) in [6.07, 6.45) is 1.19. The molecule has 0 amide bonds. The summed E-state index contributed by atoms with van der Waals surface area (Å²) in [7, 11) is 0. The lowest BCUT2D eigenvalue weighted by Gasteiger charge is -2.25. The zero-order valence-corrected chi connectivity index (χ0v) is 10.4. The molecule has 1 rings (SSSR count). The summed E-state index contributed by atoms with van der Waals surface area (Å²) in [5.74, 6) is 0.630. The lowest BCUT2D eigenvalue weighted by atomic mass is 9.95. The highest BCUT2D eigenvalue weighted by Crippen LogP contribution is 2.18. The molecule has 0 radical (unpaired) electrons. The standard InChI is InChI=1S/C14H23N/c1-5-12(11-15-14(2,3)4)13-9-7-6-8-10-13/h6-10,12,15H,5,11H2,1-4H3. The Labute approximate surface area is 93.9 Å². The van der Waals surface area contributed by atoms with Crippen molar-refractivity contribution in [2.45, 2.75) is 45.6 Å². The van der Waals surface area contributed by atoms with Crippen LogP contribution in [-0.4, -0.2) is 12.1 Å². The van der Waals surface area contributed by atoms with Crippen LogP contribution in [0.1, 0.15) is 45.6 Å². The van der Waals surface area contributed by atoms with Gasteiger partial charge in [-0.3, -0.25) is 0 Å². The number of rotatable bonds is 4. The number of hydrogen-bond donors (Lipinski definition) is 1. The summed E-state index contributed by atoms with van der Waals surface area (Å²) in [4.78, 5) is 0. The zero-order chi connectivity index (χ0) is 11.3. The fourth-order valence-corrected chi connectivity index (χ4v) is 1.65. The van der Waals surface area contributed by atoms with Gasteiger partial charge >= 0.3 is 0 Å². The highest BCUT2D eigenvalue weighted by molar-refractivity contribution is 5.19. The van der Waals surface area contributed by atoms with Gasteiger partial charge in [-0.25, -0.2) is 0 Å². The molecular weight excluding hydrogens is 182 g/mol. The van der Waals surface area contributed by atoms with Crippen molar-refractivity contribution in [2.75, 3.05) is 6.54 Å². The van der Waals surface area contributed by atoms with Crippen LogP contribution in [0.5, 0.6) is 0 Å². The second kappa shape index (κ2) is 5.32. The molecular formula is C14H23N. The molecule has 0 bridgehead atoms. The van der Waals surface area contributed by atoms with Crippen molar-refractivity contribution in [1.82, 2.24) is 5.32 Å². The van der Waals surface area contributed by atoms with Gasteiger partial charge < -0.3 is 5.32 Å². The lowest BCUT2D eigenvalue weighted by molar-refractivity contribution is 0.403. The van der Waals surface area contributed by atoms with Crippen molar-refractivity contribution in [3.05, 3.63) is 35.9 Å². The molecule has 0 fully saturated rings. The molecule has 84 valence electrons. The third kappa shape index (κ3) is 4.48. The van der Waals surface area contributed by atoms with Gasteiger partial charge in [-0.1, -0.05) is 37.3 Å². The quantitative estimate of drug-likeness (QED) is 0.792. The van der Waals surface area contributed by atoms with Crippen LogP contribution >= 0.6 is 0 Å². The van der Waals surface area contributed by atoms with Crippen molar-refractivity contribution in [3.8, 4) is 0 Å². The average Bonchev–Trinajstić information content (AvgIpc) is 2.19. The maximum Gasteiger partial charge on any atom is 0.00967 e. The van der Waals surface area contributed by atoms with Crippen LogP contribution in [0, 0.1) is 0 Å². The SMILES string of the molecule is CCC(CNC(C)(C)C)c1ccccc1. The largest absolute Gasteiger partial charge is 0.311 e. The normalized spacial score (nSPS) is 13.9. The molecule has 1 atom stereocenters. The van der Waals surface area contributed by atoms with Crippen LogP contribution in [-0.2, 0) is 0 Å². The van der Waals surface area contributed by atoms with E-state index in [0.717, 1.165) is 6.54 Å². The molecule has 1 nitrogen and oxygen atoms in total. The number of nitrogens with one attached hydrogen (secondary N) is 1. The maximum atomic E-state index is 3.57. The minimum atomic E-state index is 0.211. The Bertz CT molecular complexity index is 271. The van der Waals surface area contributed by atoms with E-state index in [4.69, 9.17) is 0 Å². The molecule has 0 aliphatic rings. The highest BCUT2D eigenvalue weighted by Gasteiger charge is 2.13. The third-order valence-corrected chi connectivity index (χ3v) is 2.64. The van der Waals surface area contributed by atoms with Gasteiger partial charge in [0.15, 0.2) is 0 Å². The summed E-state index contributed by atoms with van der Waals surface area (Å²) < 4.78 is 0. The molecule has 1 aromatic carbocycles. The molecule has 15 heavy (non-hydrogen) atoms. The Balaban J connectivity index is 2.58. The molecule has 1 unspecified atom stereocenters. The topological polar surface area (TPSA) is 12.0 Å². The van der Waals surface area contributed by atoms with Gasteiger partial charge in [0.05, 0.1) is 0 Å². The minimum absolute atomic E-state index is 0.211. The van der Waals surface area contributed by atoms with E-state index in [9.17, 15) is 0 Å². The Morgan fingerprint density at radius 2 is 1.73 bits per heavy atom. The summed E-state index contributed by atoms with van der Waals surface area (Å²) in [5, 5.41) is 3.57. The van der Waals surface area contributed by atoms with Gasteiger partial charge in [-0.2, -0.15) is 0 Å². The van der Waals surface area contributed by atoms with Gasteiger partial charge in [-0.15, -0.1) is 0 Å². The van der Waals surface area contributed by atoms with E-state index >= 15 is 0 Å². The zero-order valence-electron chi connectivity index (χ0n) is 10.4. The van der Waals surface area contributed by atoms with Crippen LogP contribution in [0.2, 0.25) is 0 Å². The minimum Gasteiger partial charge on any atom is -0.311 e. The monoisotopic (exact) mass is 205 g/mol. The molecule has 1 heteroatoms. The summed E-state index contributed by atoms with van der Waals surface area (Å²) in [6, 6.07) is 10.8. The van der Waals surface area contributed by atoms with Crippen LogP contribution in [0.4, 0.5) is 0 Å². The van der Waals surface area contributed by atoms with E-state index in [-0.39, 0.29) is 5.54 Å². The van der Waals surface area contributed by atoms with Gasteiger partial charge in [0, 0.05) is 12.1 Å². The van der Waals surface area contributed by atoms with Crippen molar-refractivity contribution < 1.29 is 0 Å². The first-order chi connectivity index (χ1) is 7.03. The Morgan fingerprint density at radius 3 is 2.20 bits per heavy atom. The predicted octanol–water partition coefficient (Wildman–Crippen LogP) is 3.57. The third-order valence-electron chi connectivity index (χ3n) is 2.64. The average molecular weight is 205 g/mol. The summed E-state index contributed by atoms with van der Waals surface area (Å²) in [6.45, 7) is 9.95. The van der Waals surface area contributed by atoms with Crippen LogP contribution in [0.3, 0.4) is 0 Å². The molecule has 1 N–H and O–H groups in total. The van der Waals surface area contributed by atoms with E-state index in [0.29, 0.717) is 5.92 Å². The molecule has 1 aromatic rings. The first-order valence-corrected chi connectivity index (χ1v) is 5.83. The van der Waals surface area contributed by atoms with E-state index in [2.05, 4.69) is 63.3 Å². The van der Waals surface area contributed by atoms with Crippen LogP contribution < -0.4 is 5.32 Å². The van der Waals surface area contributed by atoms with Crippen molar-refractivity contribution in [3.63, 3.8) is 0 Å². The van der Waals surface area contributed by atoms with E-state index in [1.807, 2.05) is 0 Å². The van der Waals surface area contributed by atoms with Gasteiger partial charge in [0.25, 0.3) is 0 Å². The predicted molar refractivity (Wildman–Crippen MR) is 67.2 cm³/mol. The lowest BCUT2D eigenvalue weighted by Crippen LogP contribution is -2.38. The molecule has 0 saturated heterocycles. The fraction of sp³-hybridized carbons (Fsp3) is 0.571. The Morgan fingerprint density at radius 1 is 1.13 bits per heavy atom. The molecule has 0 saturated carbocycles. The van der Waals surface area contributed by atoms with Crippen molar-refractivity contribution >= 4 is 0 Å². The van der Waals surface area contributed by atoms with E-state index in [1.54, 1.807) is 0 Å². The summed E-state index contributed by atoms with van der Waals surface area (Å²) in [5.41, 5.74) is 1.65. The van der Waals surface area contributed by atoms with Crippen LogP contribution in [0.15, 0.2) is 30.3 Å². The second-order valence-corrected chi connectivity index (χ2v) is 5.15. The molecule has 0 spiro atoms. The second-order valence-electron chi connectivity index (χ2n) is 5.15. The van der Waals surface area contributed by atoms with Crippen molar-refractivity contribution in [2.24, 2.45) is 0 Å². The van der Waals surface area contributed by atoms with Crippen LogP contribution in [0.25, 0.3) is 0 Å². The molecule has 0 heterocycles. The first kappa shape index (κ1) is 12.3. The van der Waals surface area contributed by atoms with Crippen molar-refractivity contribution in [1.29, 1.82) is 0 Å². The van der Waals surface area contributed by atoms with Gasteiger partial charge in [0.1, 0.15) is 0 Å². The highest BCUT2D eigenvalue weighted by atomic mass is 14.9. The molecule has 0 aromatic heterocycles. The smallest absolute Gasteiger partial charge is 0.00967 e. The Kier molecular flexibility index (Phi) is 4.34. The van der Waals surface area contributed by atoms with E-state index in [1.165, 1.54) is 12.0 Å². The van der Waals surface area contributed by atoms with Gasteiger partial charge in [-0.05, 0) is 38.7 Å². The summed E-state index contributed by atoms with van der Waals surface area (Å²) >= 11 is 0. The van der Waals surface area contributed by atoms with E-state index < -0.39 is 0 Å². The first-order valence-electron chi connectivity index (χ1n) is 5.83. The Hall–Kier alpha value is -0.820. The fourth-order valence-electron chi connectivity index (χ4n) is 1.65. The van der Waals surface area contributed by atoms with Gasteiger partial charge in [0.2, 0.25) is 0 Å². The molecule has 0 aliphatic carbocycles. The number of hydrogen-bond acceptors (Lipinski definition) is 1. The molecule has 0 aliphatic heterocycles. The maximum absolute atomic E-state index is 3.57. The number of benzene rings is 1.